The number of carbonyl (C=O) groups excluding carboxylic acids is 4. The topological polar surface area (TPSA) is 153 Å². The van der Waals surface area contributed by atoms with Crippen LogP contribution in [0, 0.1) is 28.1 Å². The minimum Gasteiger partial charge on any atom is -0.462 e. The average molecular weight is 695 g/mol. The summed E-state index contributed by atoms with van der Waals surface area (Å²) in [6.45, 7) is 5.94. The Labute approximate surface area is 274 Å². The van der Waals surface area contributed by atoms with E-state index in [1.165, 1.54) is 35.3 Å². The van der Waals surface area contributed by atoms with Gasteiger partial charge in [0.2, 0.25) is 0 Å². The van der Waals surface area contributed by atoms with E-state index in [4.69, 9.17) is 43.4 Å². The second-order valence-corrected chi connectivity index (χ2v) is 15.5. The van der Waals surface area contributed by atoms with Crippen LogP contribution < -0.4 is 0 Å². The molecule has 0 aliphatic rings. The summed E-state index contributed by atoms with van der Waals surface area (Å²) in [7, 11) is 0. The van der Waals surface area contributed by atoms with Crippen LogP contribution in [0.3, 0.4) is 0 Å². The van der Waals surface area contributed by atoms with Gasteiger partial charge in [-0.3, -0.25) is 14.4 Å². The second kappa shape index (κ2) is 21.8. The summed E-state index contributed by atoms with van der Waals surface area (Å²) in [4.78, 5) is 48.2. The number of thiocarbonyl (C=S) groups is 2. The number of ether oxygens (including phenoxy) is 4. The van der Waals surface area contributed by atoms with Gasteiger partial charge in [-0.2, -0.15) is 10.5 Å². The van der Waals surface area contributed by atoms with Crippen LogP contribution in [0.1, 0.15) is 46.0 Å². The summed E-state index contributed by atoms with van der Waals surface area (Å²) >= 11 is 15.3. The predicted octanol–water partition coefficient (Wildman–Crippen LogP) is 5.24. The lowest BCUT2D eigenvalue weighted by Crippen LogP contribution is -2.30. The fraction of sp³-hybridized carbons (Fsp3) is 0.615. The van der Waals surface area contributed by atoms with Gasteiger partial charge in [0.05, 0.1) is 17.6 Å². The highest BCUT2D eigenvalue weighted by Gasteiger charge is 2.34. The summed E-state index contributed by atoms with van der Waals surface area (Å²) in [5, 5.41) is 18.4. The monoisotopic (exact) mass is 694 g/mol. The third-order valence-electron chi connectivity index (χ3n) is 5.32. The fourth-order valence-corrected chi connectivity index (χ4v) is 6.90. The van der Waals surface area contributed by atoms with Gasteiger partial charge in [0, 0.05) is 18.9 Å². The van der Waals surface area contributed by atoms with E-state index in [-0.39, 0.29) is 58.5 Å². The van der Waals surface area contributed by atoms with E-state index in [2.05, 4.69) is 18.7 Å². The van der Waals surface area contributed by atoms with Crippen molar-refractivity contribution in [1.82, 2.24) is 0 Å². The molecule has 0 N–H and O–H groups in total. The van der Waals surface area contributed by atoms with Crippen molar-refractivity contribution in [2.24, 2.45) is 5.41 Å². The number of thioether (sulfide) groups is 4. The number of carbonyl (C=O) groups is 4. The van der Waals surface area contributed by atoms with Gasteiger partial charge >= 0.3 is 23.9 Å². The first-order chi connectivity index (χ1) is 19.8. The van der Waals surface area contributed by atoms with Crippen LogP contribution in [-0.2, 0) is 38.1 Å². The van der Waals surface area contributed by atoms with E-state index in [1.807, 2.05) is 6.26 Å². The van der Waals surface area contributed by atoms with Crippen LogP contribution in [0.2, 0.25) is 0 Å². The molecule has 0 spiro atoms. The smallest absolute Gasteiger partial charge is 0.330 e. The zero-order valence-corrected chi connectivity index (χ0v) is 28.7. The summed E-state index contributed by atoms with van der Waals surface area (Å²) in [6.07, 6.45) is 4.84. The number of hydrogen-bond acceptors (Lipinski definition) is 16. The molecule has 10 nitrogen and oxygen atoms in total. The number of hydrogen-bond donors (Lipinski definition) is 0. The molecule has 0 aromatic rings. The highest BCUT2D eigenvalue weighted by molar-refractivity contribution is 8.47. The molecule has 0 amide bonds. The Morgan fingerprint density at radius 2 is 1.38 bits per heavy atom. The highest BCUT2D eigenvalue weighted by atomic mass is 32.2. The summed E-state index contributed by atoms with van der Waals surface area (Å²) in [5.74, 6) is -2.40. The standard InChI is InChI=1S/C26H34N2O8S6/c1-6-19(29)33-11-12-34-20(30)7-9-25(2,16-27)15-18(41-23(37)39-4)22(32)36-14-13-35-21(31)8-10-26(3,17-28)42-24(38)40-5/h6,18H,1,7-15H2,2-5H3. The lowest BCUT2D eigenvalue weighted by Gasteiger charge is -2.25. The van der Waals surface area contributed by atoms with Crippen LogP contribution in [0.4, 0.5) is 0 Å². The molecule has 0 aromatic carbocycles. The Morgan fingerprint density at radius 1 is 0.857 bits per heavy atom. The van der Waals surface area contributed by atoms with Gasteiger partial charge < -0.3 is 18.9 Å². The molecule has 0 rings (SSSR count). The summed E-state index contributed by atoms with van der Waals surface area (Å²) < 4.78 is 20.4. The lowest BCUT2D eigenvalue weighted by atomic mass is 9.82. The Hall–Kier alpha value is -1.82. The molecule has 0 saturated heterocycles. The first-order valence-electron chi connectivity index (χ1n) is 12.4. The predicted molar refractivity (Wildman–Crippen MR) is 176 cm³/mol. The molecule has 0 aliphatic heterocycles. The maximum atomic E-state index is 12.9. The first kappa shape index (κ1) is 40.2. The fourth-order valence-electron chi connectivity index (χ4n) is 2.92. The minimum absolute atomic E-state index is 0.00853. The molecule has 0 aliphatic carbocycles. The Kier molecular flexibility index (Phi) is 20.9. The molecule has 3 atom stereocenters. The molecule has 232 valence electrons. The van der Waals surface area contributed by atoms with E-state index >= 15 is 0 Å². The van der Waals surface area contributed by atoms with Crippen molar-refractivity contribution < 1.29 is 38.1 Å². The Morgan fingerprint density at radius 3 is 1.88 bits per heavy atom. The van der Waals surface area contributed by atoms with Gasteiger partial charge in [-0.25, -0.2) is 4.79 Å². The zero-order chi connectivity index (χ0) is 32.2. The van der Waals surface area contributed by atoms with Crippen molar-refractivity contribution >= 4 is 102 Å². The van der Waals surface area contributed by atoms with Crippen molar-refractivity contribution in [2.45, 2.75) is 55.9 Å². The van der Waals surface area contributed by atoms with E-state index in [1.54, 1.807) is 20.1 Å². The molecule has 3 unspecified atom stereocenters. The third kappa shape index (κ3) is 18.0. The number of nitrogens with zero attached hydrogens (tertiary/aromatic N) is 2. The van der Waals surface area contributed by atoms with E-state index < -0.39 is 39.3 Å². The van der Waals surface area contributed by atoms with Gasteiger partial charge in [-0.1, -0.05) is 54.5 Å². The van der Waals surface area contributed by atoms with Crippen molar-refractivity contribution in [2.75, 3.05) is 38.9 Å². The van der Waals surface area contributed by atoms with Gasteiger partial charge in [0.1, 0.15) is 43.5 Å². The SMILES string of the molecule is C=CC(=O)OCCOC(=O)CCC(C)(C#N)CC(SC(=S)SC)C(=O)OCCOC(=O)CCC(C)(C#N)SC(=S)SC. The minimum atomic E-state index is -1.09. The average Bonchev–Trinajstić information content (AvgIpc) is 2.98. The maximum absolute atomic E-state index is 12.9. The van der Waals surface area contributed by atoms with Crippen LogP contribution in [0.15, 0.2) is 12.7 Å². The number of esters is 4. The van der Waals surface area contributed by atoms with Gasteiger partial charge in [-0.05, 0) is 45.6 Å². The molecule has 0 bridgehead atoms. The molecule has 16 heteroatoms. The van der Waals surface area contributed by atoms with Crippen LogP contribution in [0.25, 0.3) is 0 Å². The zero-order valence-electron chi connectivity index (χ0n) is 23.8. The molecule has 0 aromatic heterocycles. The molecule has 0 fully saturated rings. The molecule has 42 heavy (non-hydrogen) atoms. The van der Waals surface area contributed by atoms with E-state index in [0.29, 0.717) is 7.06 Å². The second-order valence-electron chi connectivity index (χ2n) is 8.82. The molecule has 0 radical (unpaired) electrons. The van der Waals surface area contributed by atoms with Crippen molar-refractivity contribution in [3.05, 3.63) is 12.7 Å². The number of rotatable bonds is 18. The van der Waals surface area contributed by atoms with Crippen molar-refractivity contribution in [1.29, 1.82) is 10.5 Å². The van der Waals surface area contributed by atoms with Gasteiger partial charge in [0.15, 0.2) is 0 Å². The third-order valence-corrected chi connectivity index (χ3v) is 10.8. The van der Waals surface area contributed by atoms with Crippen molar-refractivity contribution in [3.8, 4) is 12.1 Å². The lowest BCUT2D eigenvalue weighted by molar-refractivity contribution is -0.152. The maximum Gasteiger partial charge on any atom is 0.330 e. The molecular weight excluding hydrogens is 661 g/mol. The van der Waals surface area contributed by atoms with Gasteiger partial charge in [0.25, 0.3) is 0 Å². The molecular formula is C26H34N2O8S6. The summed E-state index contributed by atoms with van der Waals surface area (Å²) in [6, 6.07) is 4.34. The molecule has 0 saturated carbocycles. The molecule has 0 heterocycles. The Bertz CT molecular complexity index is 1080. The van der Waals surface area contributed by atoms with Crippen LogP contribution in [-0.4, -0.2) is 79.9 Å². The normalized spacial score (nSPS) is 14.0. The first-order valence-corrected chi connectivity index (χ1v) is 17.3. The number of nitriles is 2. The Balaban J connectivity index is 4.89. The summed E-state index contributed by atoms with van der Waals surface area (Å²) in [5.41, 5.74) is -1.09. The highest BCUT2D eigenvalue weighted by Crippen LogP contribution is 2.36. The quantitative estimate of drug-likeness (QED) is 0.0604. The van der Waals surface area contributed by atoms with E-state index in [9.17, 15) is 29.7 Å². The van der Waals surface area contributed by atoms with Crippen molar-refractivity contribution in [3.63, 3.8) is 0 Å². The van der Waals surface area contributed by atoms with E-state index in [0.717, 1.165) is 17.8 Å². The van der Waals surface area contributed by atoms with Crippen LogP contribution >= 0.6 is 71.5 Å². The van der Waals surface area contributed by atoms with Crippen LogP contribution in [0.5, 0.6) is 0 Å². The largest absolute Gasteiger partial charge is 0.462 e. The van der Waals surface area contributed by atoms with Gasteiger partial charge in [-0.15, -0.1) is 23.5 Å².